The summed E-state index contributed by atoms with van der Waals surface area (Å²) in [7, 11) is 0. The molecule has 0 amide bonds. The zero-order valence-corrected chi connectivity index (χ0v) is 18.6. The van der Waals surface area contributed by atoms with Crippen molar-refractivity contribution < 1.29 is 4.79 Å². The molecule has 0 radical (unpaired) electrons. The number of aryl methyl sites for hydroxylation is 1. The molecular weight excluding hydrogens is 370 g/mol. The summed E-state index contributed by atoms with van der Waals surface area (Å²) in [6.07, 6.45) is 10.3. The molecular formula is C26H33N3O. The number of nitrogens with one attached hydrogen (secondary N) is 1. The van der Waals surface area contributed by atoms with Crippen molar-refractivity contribution in [3.05, 3.63) is 64.0 Å². The van der Waals surface area contributed by atoms with E-state index in [1.807, 2.05) is 0 Å². The first-order valence-electron chi connectivity index (χ1n) is 11.4. The van der Waals surface area contributed by atoms with Gasteiger partial charge in [0.25, 0.3) is 0 Å². The van der Waals surface area contributed by atoms with Gasteiger partial charge in [-0.25, -0.2) is 0 Å². The van der Waals surface area contributed by atoms with Crippen molar-refractivity contribution in [1.29, 1.82) is 0 Å². The van der Waals surface area contributed by atoms with Gasteiger partial charge in [-0.2, -0.15) is 0 Å². The lowest BCUT2D eigenvalue weighted by Gasteiger charge is -2.39. The number of carbonyl (C=O) groups excluding carboxylic acids is 1. The highest BCUT2D eigenvalue weighted by Crippen LogP contribution is 2.55. The second kappa shape index (κ2) is 6.58. The predicted molar refractivity (Wildman–Crippen MR) is 123 cm³/mol. The first-order chi connectivity index (χ1) is 14.3. The Morgan fingerprint density at radius 1 is 1.20 bits per heavy atom. The Kier molecular flexibility index (Phi) is 4.31. The van der Waals surface area contributed by atoms with Crippen LogP contribution in [-0.4, -0.2) is 24.9 Å². The number of piperidine rings is 1. The van der Waals surface area contributed by atoms with E-state index in [9.17, 15) is 4.79 Å². The van der Waals surface area contributed by atoms with E-state index in [0.29, 0.717) is 6.04 Å². The molecule has 3 N–H and O–H groups in total. The van der Waals surface area contributed by atoms with Crippen molar-refractivity contribution in [2.45, 2.75) is 64.8 Å². The first kappa shape index (κ1) is 19.6. The van der Waals surface area contributed by atoms with Crippen molar-refractivity contribution in [3.63, 3.8) is 0 Å². The average Bonchev–Trinajstić information content (AvgIpc) is 3.06. The quantitative estimate of drug-likeness (QED) is 0.770. The Morgan fingerprint density at radius 2 is 1.93 bits per heavy atom. The van der Waals surface area contributed by atoms with E-state index in [4.69, 9.17) is 5.73 Å². The largest absolute Gasteiger partial charge is 0.371 e. The molecule has 30 heavy (non-hydrogen) atoms. The summed E-state index contributed by atoms with van der Waals surface area (Å²) in [5.41, 5.74) is 13.5. The number of nitrogens with zero attached hydrogens (tertiary/aromatic N) is 1. The lowest BCUT2D eigenvalue weighted by molar-refractivity contribution is 0.100. The summed E-state index contributed by atoms with van der Waals surface area (Å²) in [5, 5.41) is 3.67. The maximum absolute atomic E-state index is 13.9. The first-order valence-corrected chi connectivity index (χ1v) is 11.4. The Morgan fingerprint density at radius 3 is 2.63 bits per heavy atom. The van der Waals surface area contributed by atoms with Crippen LogP contribution in [0.5, 0.6) is 0 Å². The van der Waals surface area contributed by atoms with E-state index in [-0.39, 0.29) is 16.6 Å². The fourth-order valence-corrected chi connectivity index (χ4v) is 5.81. The normalized spacial score (nSPS) is 27.4. The Labute approximate surface area is 179 Å². The highest BCUT2D eigenvalue weighted by Gasteiger charge is 2.52. The summed E-state index contributed by atoms with van der Waals surface area (Å²) in [4.78, 5) is 16.3. The molecule has 0 saturated carbocycles. The third kappa shape index (κ3) is 2.59. The Hall–Kier alpha value is -2.33. The van der Waals surface area contributed by atoms with Crippen LogP contribution in [0.2, 0.25) is 0 Å². The van der Waals surface area contributed by atoms with Crippen LogP contribution >= 0.6 is 0 Å². The minimum atomic E-state index is -0.246. The summed E-state index contributed by atoms with van der Waals surface area (Å²) >= 11 is 0. The van der Waals surface area contributed by atoms with Gasteiger partial charge in [-0.15, -0.1) is 0 Å². The van der Waals surface area contributed by atoms with Gasteiger partial charge >= 0.3 is 0 Å². The smallest absolute Gasteiger partial charge is 0.192 e. The number of anilines is 1. The molecule has 2 aliphatic carbocycles. The highest BCUT2D eigenvalue weighted by atomic mass is 16.1. The molecule has 4 heteroatoms. The average molecular weight is 404 g/mol. The van der Waals surface area contributed by atoms with Crippen molar-refractivity contribution >= 4 is 11.5 Å². The molecule has 0 spiro atoms. The van der Waals surface area contributed by atoms with Gasteiger partial charge in [-0.05, 0) is 61.9 Å². The van der Waals surface area contributed by atoms with Crippen molar-refractivity contribution in [2.75, 3.05) is 18.0 Å². The predicted octanol–water partition coefficient (Wildman–Crippen LogP) is 4.36. The second-order valence-electron chi connectivity index (χ2n) is 10.1. The Balaban J connectivity index is 1.65. The van der Waals surface area contributed by atoms with Gasteiger partial charge in [-0.1, -0.05) is 32.9 Å². The Bertz CT molecular complexity index is 1020. The van der Waals surface area contributed by atoms with Crippen molar-refractivity contribution in [3.8, 4) is 0 Å². The molecule has 2 aliphatic heterocycles. The van der Waals surface area contributed by atoms with Crippen molar-refractivity contribution in [2.24, 2.45) is 11.1 Å². The molecule has 1 saturated heterocycles. The molecule has 1 aromatic carbocycles. The third-order valence-electron chi connectivity index (χ3n) is 7.83. The molecule has 158 valence electrons. The summed E-state index contributed by atoms with van der Waals surface area (Å²) < 4.78 is 0. The van der Waals surface area contributed by atoms with Gasteiger partial charge in [0.2, 0.25) is 0 Å². The molecule has 1 fully saturated rings. The van der Waals surface area contributed by atoms with Crippen LogP contribution in [0.25, 0.3) is 0 Å². The molecule has 4 nitrogen and oxygen atoms in total. The van der Waals surface area contributed by atoms with Gasteiger partial charge in [0.1, 0.15) is 0 Å². The van der Waals surface area contributed by atoms with Gasteiger partial charge in [0, 0.05) is 58.2 Å². The molecule has 1 aromatic rings. The van der Waals surface area contributed by atoms with E-state index in [1.165, 1.54) is 11.3 Å². The number of rotatable bonds is 2. The van der Waals surface area contributed by atoms with E-state index in [2.05, 4.69) is 68.3 Å². The maximum Gasteiger partial charge on any atom is 0.192 e. The van der Waals surface area contributed by atoms with Crippen LogP contribution in [0, 0.1) is 5.41 Å². The zero-order chi connectivity index (χ0) is 21.3. The van der Waals surface area contributed by atoms with E-state index >= 15 is 0 Å². The summed E-state index contributed by atoms with van der Waals surface area (Å²) in [5.74, 6) is 0.204. The number of hydrogen-bond donors (Lipinski definition) is 2. The third-order valence-corrected chi connectivity index (χ3v) is 7.83. The molecule has 4 aliphatic rings. The van der Waals surface area contributed by atoms with Crippen LogP contribution in [-0.2, 0) is 11.8 Å². The van der Waals surface area contributed by atoms with Crippen LogP contribution in [0.1, 0.15) is 68.4 Å². The number of ketones is 1. The van der Waals surface area contributed by atoms with Crippen LogP contribution in [0.3, 0.4) is 0 Å². The maximum atomic E-state index is 13.9. The lowest BCUT2D eigenvalue weighted by atomic mass is 9.65. The zero-order valence-electron chi connectivity index (χ0n) is 18.6. The lowest BCUT2D eigenvalue weighted by Crippen LogP contribution is -2.41. The number of hydrogen-bond acceptors (Lipinski definition) is 4. The van der Waals surface area contributed by atoms with Crippen LogP contribution in [0.15, 0.2) is 47.3 Å². The molecule has 0 bridgehead atoms. The summed E-state index contributed by atoms with van der Waals surface area (Å²) in [6.45, 7) is 10.9. The topological polar surface area (TPSA) is 58.4 Å². The summed E-state index contributed by atoms with van der Waals surface area (Å²) in [6, 6.07) is 4.81. The number of fused-ring (bicyclic) bond motifs is 3. The number of benzene rings is 1. The van der Waals surface area contributed by atoms with Gasteiger partial charge < -0.3 is 16.0 Å². The van der Waals surface area contributed by atoms with Gasteiger partial charge in [0.05, 0.1) is 0 Å². The number of carbonyl (C=O) groups is 1. The number of Topliss-reactive ketones (excluding diaryl/α,β-unsaturated/α-hetero) is 1. The molecule has 0 aromatic heterocycles. The molecule has 5 rings (SSSR count). The molecule has 2 heterocycles. The van der Waals surface area contributed by atoms with Crippen LogP contribution in [0.4, 0.5) is 5.69 Å². The molecule has 1 atom stereocenters. The van der Waals surface area contributed by atoms with E-state index in [1.54, 1.807) is 0 Å². The number of nitrogens with two attached hydrogens (primary N) is 1. The van der Waals surface area contributed by atoms with Crippen LogP contribution < -0.4 is 16.0 Å². The number of allylic oxidation sites excluding steroid dienone is 5. The fourth-order valence-electron chi connectivity index (χ4n) is 5.81. The van der Waals surface area contributed by atoms with E-state index < -0.39 is 0 Å². The van der Waals surface area contributed by atoms with Gasteiger partial charge in [0.15, 0.2) is 5.78 Å². The van der Waals surface area contributed by atoms with E-state index in [0.717, 1.165) is 66.9 Å². The second-order valence-corrected chi connectivity index (χ2v) is 10.1. The SMILES string of the molecule is CCc1cc2c(cc1N1CCC(N)CC1)C(C)(C)C1=C(C2=O)C2(C)CC=CC=C2N1. The fraction of sp³-hybridized carbons (Fsp3) is 0.500. The van der Waals surface area contributed by atoms with Gasteiger partial charge in [-0.3, -0.25) is 4.79 Å². The highest BCUT2D eigenvalue weighted by molar-refractivity contribution is 6.14. The van der Waals surface area contributed by atoms with Crippen molar-refractivity contribution in [1.82, 2.24) is 5.32 Å². The minimum absolute atomic E-state index is 0.204. The minimum Gasteiger partial charge on any atom is -0.371 e. The standard InChI is InChI=1S/C26H33N3O/c1-5-16-14-18-19(15-20(16)29-12-9-17(27)10-13-29)25(2,3)24-22(23(18)30)26(4)11-7-6-8-21(26)28-24/h6-8,14-15,17,28H,5,9-13,27H2,1-4H3. The molecule has 1 unspecified atom stereocenters. The monoisotopic (exact) mass is 403 g/mol.